The van der Waals surface area contributed by atoms with Crippen LogP contribution in [0.2, 0.25) is 0 Å². The van der Waals surface area contributed by atoms with Gasteiger partial charge in [-0.3, -0.25) is 0 Å². The predicted molar refractivity (Wildman–Crippen MR) is 69.4 cm³/mol. The summed E-state index contributed by atoms with van der Waals surface area (Å²) in [5, 5.41) is 0. The number of fused-ring (bicyclic) bond motifs is 1. The van der Waals surface area contributed by atoms with Gasteiger partial charge in [0.15, 0.2) is 12.0 Å². The first kappa shape index (κ1) is 11.7. The Morgan fingerprint density at radius 3 is 2.94 bits per heavy atom. The minimum atomic E-state index is 0.120. The molecule has 2 aromatic rings. The summed E-state index contributed by atoms with van der Waals surface area (Å²) in [4.78, 5) is 4.14. The van der Waals surface area contributed by atoms with Gasteiger partial charge in [0.2, 0.25) is 0 Å². The monoisotopic (exact) mass is 246 g/mol. The van der Waals surface area contributed by atoms with Gasteiger partial charge in [-0.05, 0) is 37.5 Å². The summed E-state index contributed by atoms with van der Waals surface area (Å²) in [6.45, 7) is 3.60. The van der Waals surface area contributed by atoms with E-state index in [1.165, 1.54) is 12.0 Å². The van der Waals surface area contributed by atoms with Crippen molar-refractivity contribution in [3.8, 4) is 0 Å². The average molecular weight is 246 g/mol. The lowest BCUT2D eigenvalue weighted by atomic mass is 9.74. The van der Waals surface area contributed by atoms with Gasteiger partial charge in [-0.15, -0.1) is 0 Å². The maximum absolute atomic E-state index is 5.86. The number of oxazole rings is 1. The Hall–Kier alpha value is -1.39. The van der Waals surface area contributed by atoms with Gasteiger partial charge in [0, 0.05) is 11.5 Å². The van der Waals surface area contributed by atoms with Crippen LogP contribution in [-0.2, 0) is 10.2 Å². The van der Waals surface area contributed by atoms with Crippen molar-refractivity contribution in [3.05, 3.63) is 30.2 Å². The van der Waals surface area contributed by atoms with Gasteiger partial charge in [0.05, 0.1) is 13.2 Å². The summed E-state index contributed by atoms with van der Waals surface area (Å²) in [5.41, 5.74) is 9.01. The van der Waals surface area contributed by atoms with Crippen LogP contribution in [0.15, 0.2) is 29.0 Å². The van der Waals surface area contributed by atoms with Gasteiger partial charge < -0.3 is 14.9 Å². The highest BCUT2D eigenvalue weighted by Crippen LogP contribution is 2.38. The fraction of sp³-hybridized carbons (Fsp3) is 0.500. The Balaban J connectivity index is 1.90. The van der Waals surface area contributed by atoms with Gasteiger partial charge in [0.25, 0.3) is 0 Å². The number of hydrogen-bond acceptors (Lipinski definition) is 4. The topological polar surface area (TPSA) is 61.3 Å². The maximum atomic E-state index is 5.86. The third-order valence-corrected chi connectivity index (χ3v) is 3.78. The molecule has 18 heavy (non-hydrogen) atoms. The third kappa shape index (κ3) is 1.91. The van der Waals surface area contributed by atoms with E-state index in [1.807, 2.05) is 13.0 Å². The second kappa shape index (κ2) is 4.37. The van der Waals surface area contributed by atoms with Crippen LogP contribution in [0.1, 0.15) is 25.3 Å². The van der Waals surface area contributed by atoms with E-state index in [-0.39, 0.29) is 11.5 Å². The lowest BCUT2D eigenvalue weighted by molar-refractivity contribution is -0.0656. The van der Waals surface area contributed by atoms with E-state index >= 15 is 0 Å². The Morgan fingerprint density at radius 2 is 2.28 bits per heavy atom. The molecule has 1 aromatic heterocycles. The van der Waals surface area contributed by atoms with Crippen molar-refractivity contribution >= 4 is 11.1 Å². The zero-order valence-electron chi connectivity index (χ0n) is 10.6. The van der Waals surface area contributed by atoms with Gasteiger partial charge in [0.1, 0.15) is 5.52 Å². The molecule has 0 bridgehead atoms. The Labute approximate surface area is 106 Å². The normalized spacial score (nSPS) is 19.7. The van der Waals surface area contributed by atoms with E-state index in [1.54, 1.807) is 0 Å². The van der Waals surface area contributed by atoms with Crippen LogP contribution in [0.3, 0.4) is 0 Å². The predicted octanol–water partition coefficient (Wildman–Crippen LogP) is 2.22. The highest BCUT2D eigenvalue weighted by atomic mass is 16.5. The minimum Gasteiger partial charge on any atom is -0.443 e. The number of benzene rings is 1. The van der Waals surface area contributed by atoms with Crippen LogP contribution in [0.4, 0.5) is 0 Å². The number of nitrogens with zero attached hydrogens (tertiary/aromatic N) is 1. The molecule has 1 saturated heterocycles. The molecule has 0 amide bonds. The van der Waals surface area contributed by atoms with E-state index in [0.29, 0.717) is 0 Å². The Kier molecular flexibility index (Phi) is 2.84. The van der Waals surface area contributed by atoms with E-state index < -0.39 is 0 Å². The quantitative estimate of drug-likeness (QED) is 0.898. The first-order chi connectivity index (χ1) is 8.70. The van der Waals surface area contributed by atoms with Crippen LogP contribution in [0.25, 0.3) is 11.1 Å². The van der Waals surface area contributed by atoms with Crippen molar-refractivity contribution in [1.29, 1.82) is 0 Å². The Bertz CT molecular complexity index is 543. The zero-order chi connectivity index (χ0) is 12.6. The van der Waals surface area contributed by atoms with Gasteiger partial charge in [-0.1, -0.05) is 6.07 Å². The number of rotatable bonds is 4. The molecule has 2 N–H and O–H groups in total. The zero-order valence-corrected chi connectivity index (χ0v) is 10.6. The summed E-state index contributed by atoms with van der Waals surface area (Å²) in [7, 11) is 0. The Morgan fingerprint density at radius 1 is 1.44 bits per heavy atom. The second-order valence-corrected chi connectivity index (χ2v) is 5.32. The van der Waals surface area contributed by atoms with Crippen LogP contribution < -0.4 is 5.73 Å². The number of hydrogen-bond donors (Lipinski definition) is 1. The number of aromatic nitrogens is 1. The molecular weight excluding hydrogens is 228 g/mol. The lowest BCUT2D eigenvalue weighted by Crippen LogP contribution is -2.47. The fourth-order valence-corrected chi connectivity index (χ4v) is 2.49. The van der Waals surface area contributed by atoms with Crippen molar-refractivity contribution in [1.82, 2.24) is 4.98 Å². The number of ether oxygens (including phenoxy) is 1. The highest BCUT2D eigenvalue weighted by Gasteiger charge is 2.40. The first-order valence-electron chi connectivity index (χ1n) is 6.37. The lowest BCUT2D eigenvalue weighted by Gasteiger charge is -2.42. The van der Waals surface area contributed by atoms with Gasteiger partial charge in [-0.25, -0.2) is 4.98 Å². The summed E-state index contributed by atoms with van der Waals surface area (Å²) >= 11 is 0. The molecule has 1 aromatic carbocycles. The van der Waals surface area contributed by atoms with Crippen LogP contribution in [0.5, 0.6) is 0 Å². The molecule has 0 radical (unpaired) electrons. The van der Waals surface area contributed by atoms with Crippen molar-refractivity contribution in [2.24, 2.45) is 5.73 Å². The minimum absolute atomic E-state index is 0.120. The van der Waals surface area contributed by atoms with Crippen molar-refractivity contribution in [2.45, 2.75) is 31.2 Å². The summed E-state index contributed by atoms with van der Waals surface area (Å²) < 4.78 is 10.8. The summed E-state index contributed by atoms with van der Waals surface area (Å²) in [5.74, 6) is 0. The molecule has 0 saturated carbocycles. The molecule has 1 unspecified atom stereocenters. The molecule has 1 fully saturated rings. The molecule has 3 rings (SSSR count). The molecule has 0 aliphatic carbocycles. The largest absolute Gasteiger partial charge is 0.443 e. The number of nitrogens with two attached hydrogens (primary N) is 1. The second-order valence-electron chi connectivity index (χ2n) is 5.32. The van der Waals surface area contributed by atoms with E-state index in [9.17, 15) is 0 Å². The van der Waals surface area contributed by atoms with Crippen LogP contribution >= 0.6 is 0 Å². The molecule has 1 aliphatic rings. The third-order valence-electron chi connectivity index (χ3n) is 3.78. The molecular formula is C14H18N2O2. The molecule has 2 heterocycles. The van der Waals surface area contributed by atoms with Crippen LogP contribution in [-0.4, -0.2) is 24.2 Å². The molecule has 1 atom stereocenters. The van der Waals surface area contributed by atoms with Crippen molar-refractivity contribution < 1.29 is 9.15 Å². The molecule has 1 aliphatic heterocycles. The van der Waals surface area contributed by atoms with Crippen molar-refractivity contribution in [3.63, 3.8) is 0 Å². The van der Waals surface area contributed by atoms with E-state index in [4.69, 9.17) is 14.9 Å². The summed E-state index contributed by atoms with van der Waals surface area (Å²) in [6.07, 6.45) is 3.56. The molecule has 96 valence electrons. The first-order valence-corrected chi connectivity index (χ1v) is 6.37. The SMILES string of the molecule is CC(N)CCC1(c2ccc3ncoc3c2)COC1. The molecule has 0 spiro atoms. The van der Waals surface area contributed by atoms with Crippen LogP contribution in [0, 0.1) is 0 Å². The average Bonchev–Trinajstić information content (AvgIpc) is 2.74. The van der Waals surface area contributed by atoms with E-state index in [2.05, 4.69) is 17.1 Å². The van der Waals surface area contributed by atoms with E-state index in [0.717, 1.165) is 37.2 Å². The maximum Gasteiger partial charge on any atom is 0.181 e. The van der Waals surface area contributed by atoms with Gasteiger partial charge >= 0.3 is 0 Å². The standard InChI is InChI=1S/C14H18N2O2/c1-10(15)4-5-14(7-17-8-14)11-2-3-12-13(6-11)18-9-16-12/h2-3,6,9-10H,4-5,7-8,15H2,1H3. The van der Waals surface area contributed by atoms with Gasteiger partial charge in [-0.2, -0.15) is 0 Å². The van der Waals surface area contributed by atoms with Crippen molar-refractivity contribution in [2.75, 3.05) is 13.2 Å². The molecule has 4 heteroatoms. The highest BCUT2D eigenvalue weighted by molar-refractivity contribution is 5.73. The fourth-order valence-electron chi connectivity index (χ4n) is 2.49. The smallest absolute Gasteiger partial charge is 0.181 e. The molecule has 4 nitrogen and oxygen atoms in total. The summed E-state index contributed by atoms with van der Waals surface area (Å²) in [6, 6.07) is 6.47.